The number of carbonyl (C=O) groups excluding carboxylic acids is 3. The van der Waals surface area contributed by atoms with Gasteiger partial charge in [0.15, 0.2) is 6.10 Å². The normalized spacial score (nSPS) is 12.6. The Bertz CT molecular complexity index is 1230. The van der Waals surface area contributed by atoms with Crippen LogP contribution in [0.25, 0.3) is 0 Å². The topological polar surface area (TPSA) is 78.9 Å². The molecule has 0 aromatic heterocycles. The van der Waals surface area contributed by atoms with Gasteiger partial charge in [-0.05, 0) is 89.9 Å². The Morgan fingerprint density at radius 1 is 0.323 bits per heavy atom. The van der Waals surface area contributed by atoms with Gasteiger partial charge in [-0.15, -0.1) is 0 Å². The van der Waals surface area contributed by atoms with Gasteiger partial charge in [-0.2, -0.15) is 0 Å². The van der Waals surface area contributed by atoms with Crippen molar-refractivity contribution in [3.8, 4) is 0 Å². The first-order chi connectivity index (χ1) is 32.0. The lowest BCUT2D eigenvalue weighted by Crippen LogP contribution is -2.30. The molecule has 0 aromatic carbocycles. The zero-order valence-corrected chi connectivity index (χ0v) is 42.7. The van der Waals surface area contributed by atoms with Crippen LogP contribution >= 0.6 is 0 Å². The van der Waals surface area contributed by atoms with E-state index in [1.165, 1.54) is 122 Å². The second-order valence-corrected chi connectivity index (χ2v) is 18.1. The Kier molecular flexibility index (Phi) is 50.9. The van der Waals surface area contributed by atoms with Gasteiger partial charge < -0.3 is 14.2 Å². The summed E-state index contributed by atoms with van der Waals surface area (Å²) in [7, 11) is 0. The molecule has 0 amide bonds. The number of esters is 3. The van der Waals surface area contributed by atoms with Crippen molar-refractivity contribution in [3.63, 3.8) is 0 Å². The van der Waals surface area contributed by atoms with Crippen LogP contribution in [0.1, 0.15) is 265 Å². The third-order valence-electron chi connectivity index (χ3n) is 11.7. The van der Waals surface area contributed by atoms with Gasteiger partial charge in [0.05, 0.1) is 0 Å². The van der Waals surface area contributed by atoms with Crippen LogP contribution in [0.5, 0.6) is 0 Å². The van der Waals surface area contributed by atoms with Gasteiger partial charge in [0.25, 0.3) is 0 Å². The zero-order chi connectivity index (χ0) is 47.2. The summed E-state index contributed by atoms with van der Waals surface area (Å²) < 4.78 is 16.8. The molecular formula is C59H102O6. The number of hydrogen-bond donors (Lipinski definition) is 0. The fourth-order valence-electron chi connectivity index (χ4n) is 7.58. The lowest BCUT2D eigenvalue weighted by atomic mass is 10.1. The summed E-state index contributed by atoms with van der Waals surface area (Å²) in [6.45, 7) is 6.49. The van der Waals surface area contributed by atoms with E-state index in [1.54, 1.807) is 0 Å². The van der Waals surface area contributed by atoms with E-state index in [-0.39, 0.29) is 31.1 Å². The number of carbonyl (C=O) groups is 3. The molecule has 0 bridgehead atoms. The molecule has 1 atom stereocenters. The Morgan fingerprint density at radius 3 is 0.938 bits per heavy atom. The minimum atomic E-state index is -0.784. The molecule has 0 aliphatic heterocycles. The molecule has 0 rings (SSSR count). The van der Waals surface area contributed by atoms with E-state index in [0.29, 0.717) is 19.3 Å². The van der Waals surface area contributed by atoms with E-state index in [9.17, 15) is 14.4 Å². The summed E-state index contributed by atoms with van der Waals surface area (Å²) >= 11 is 0. The molecule has 0 aromatic rings. The first-order valence-corrected chi connectivity index (χ1v) is 27.4. The number of ether oxygens (including phenoxy) is 3. The smallest absolute Gasteiger partial charge is 0.306 e. The van der Waals surface area contributed by atoms with E-state index in [0.717, 1.165) is 103 Å². The van der Waals surface area contributed by atoms with E-state index < -0.39 is 6.10 Å². The Labute approximate surface area is 402 Å². The van der Waals surface area contributed by atoms with Gasteiger partial charge >= 0.3 is 17.9 Å². The zero-order valence-electron chi connectivity index (χ0n) is 42.7. The van der Waals surface area contributed by atoms with Gasteiger partial charge in [-0.1, -0.05) is 229 Å². The van der Waals surface area contributed by atoms with Crippen molar-refractivity contribution in [2.24, 2.45) is 0 Å². The highest BCUT2D eigenvalue weighted by atomic mass is 16.6. The number of allylic oxidation sites excluding steroid dienone is 12. The van der Waals surface area contributed by atoms with Crippen molar-refractivity contribution < 1.29 is 28.6 Å². The second-order valence-electron chi connectivity index (χ2n) is 18.1. The molecule has 0 aliphatic rings. The molecular weight excluding hydrogens is 805 g/mol. The average molecular weight is 907 g/mol. The molecule has 6 nitrogen and oxygen atoms in total. The average Bonchev–Trinajstić information content (AvgIpc) is 3.30. The van der Waals surface area contributed by atoms with Gasteiger partial charge in [0.2, 0.25) is 0 Å². The molecule has 0 spiro atoms. The summed E-state index contributed by atoms with van der Waals surface area (Å²) in [6.07, 6.45) is 67.5. The lowest BCUT2D eigenvalue weighted by Gasteiger charge is -2.18. The minimum absolute atomic E-state index is 0.0827. The highest BCUT2D eigenvalue weighted by molar-refractivity contribution is 5.71. The second kappa shape index (κ2) is 53.5. The van der Waals surface area contributed by atoms with Crippen LogP contribution in [-0.2, 0) is 28.6 Å². The maximum atomic E-state index is 12.8. The van der Waals surface area contributed by atoms with Crippen molar-refractivity contribution >= 4 is 17.9 Å². The fraction of sp³-hybridized carbons (Fsp3) is 0.746. The van der Waals surface area contributed by atoms with E-state index in [1.807, 2.05) is 0 Å². The van der Waals surface area contributed by atoms with Crippen LogP contribution < -0.4 is 0 Å². The SMILES string of the molecule is CC/C=C\C/C=C\C/C=C\CCCCCCCCCC(=O)OC(COC(=O)CCCCCCCC/C=C\C/C=C\C/C=C\CCCCCCC)COC(=O)CCCCCCCCCCC. The number of hydrogen-bond acceptors (Lipinski definition) is 6. The summed E-state index contributed by atoms with van der Waals surface area (Å²) in [5, 5.41) is 0. The third kappa shape index (κ3) is 51.7. The molecule has 0 fully saturated rings. The molecule has 0 radical (unpaired) electrons. The Morgan fingerprint density at radius 2 is 0.600 bits per heavy atom. The monoisotopic (exact) mass is 907 g/mol. The van der Waals surface area contributed by atoms with Crippen LogP contribution in [0, 0.1) is 0 Å². The van der Waals surface area contributed by atoms with Crippen molar-refractivity contribution in [3.05, 3.63) is 72.9 Å². The van der Waals surface area contributed by atoms with Crippen LogP contribution in [0.15, 0.2) is 72.9 Å². The molecule has 0 aliphatic carbocycles. The van der Waals surface area contributed by atoms with Crippen molar-refractivity contribution in [1.29, 1.82) is 0 Å². The maximum absolute atomic E-state index is 12.8. The van der Waals surface area contributed by atoms with Crippen molar-refractivity contribution in [2.75, 3.05) is 13.2 Å². The van der Waals surface area contributed by atoms with E-state index in [2.05, 4.69) is 93.7 Å². The molecule has 0 saturated heterocycles. The molecule has 0 heterocycles. The lowest BCUT2D eigenvalue weighted by molar-refractivity contribution is -0.167. The largest absolute Gasteiger partial charge is 0.462 e. The summed E-state index contributed by atoms with van der Waals surface area (Å²) in [5.74, 6) is -0.904. The van der Waals surface area contributed by atoms with Crippen molar-refractivity contribution in [1.82, 2.24) is 0 Å². The quantitative estimate of drug-likeness (QED) is 0.0262. The predicted molar refractivity (Wildman–Crippen MR) is 279 cm³/mol. The van der Waals surface area contributed by atoms with Gasteiger partial charge in [0, 0.05) is 19.3 Å². The standard InChI is InChI=1S/C59H102O6/c1-4-7-10-13-16-19-21-23-25-27-28-29-30-32-33-35-37-40-43-46-49-52-58(61)64-55-56(54-63-57(60)51-48-45-42-39-18-15-12-9-6-3)65-59(62)53-50-47-44-41-38-36-34-31-26-24-22-20-17-14-11-8-5-2/h8,11,17,20-21,23-24,26-28,30,32,56H,4-7,9-10,12-16,18-19,22,25,29,31,33-55H2,1-3H3/b11-8-,20-17-,23-21-,26-24-,28-27-,32-30-. The first-order valence-electron chi connectivity index (χ1n) is 27.4. The molecule has 0 N–H and O–H groups in total. The van der Waals surface area contributed by atoms with Gasteiger partial charge in [0.1, 0.15) is 13.2 Å². The Hall–Kier alpha value is -3.15. The molecule has 1 unspecified atom stereocenters. The molecule has 374 valence electrons. The van der Waals surface area contributed by atoms with Crippen LogP contribution in [-0.4, -0.2) is 37.2 Å². The first kappa shape index (κ1) is 61.9. The van der Waals surface area contributed by atoms with Crippen LogP contribution in [0.3, 0.4) is 0 Å². The Balaban J connectivity index is 4.33. The molecule has 65 heavy (non-hydrogen) atoms. The number of rotatable bonds is 49. The molecule has 0 saturated carbocycles. The van der Waals surface area contributed by atoms with Crippen molar-refractivity contribution in [2.45, 2.75) is 271 Å². The van der Waals surface area contributed by atoms with Gasteiger partial charge in [-0.3, -0.25) is 14.4 Å². The highest BCUT2D eigenvalue weighted by Crippen LogP contribution is 2.15. The highest BCUT2D eigenvalue weighted by Gasteiger charge is 2.19. The minimum Gasteiger partial charge on any atom is -0.462 e. The number of unbranched alkanes of at least 4 members (excludes halogenated alkanes) is 26. The van der Waals surface area contributed by atoms with E-state index >= 15 is 0 Å². The predicted octanol–water partition coefficient (Wildman–Crippen LogP) is 18.2. The summed E-state index contributed by atoms with van der Waals surface area (Å²) in [5.41, 5.74) is 0. The summed E-state index contributed by atoms with van der Waals surface area (Å²) in [6, 6.07) is 0. The molecule has 6 heteroatoms. The third-order valence-corrected chi connectivity index (χ3v) is 11.7. The van der Waals surface area contributed by atoms with Crippen LogP contribution in [0.2, 0.25) is 0 Å². The maximum Gasteiger partial charge on any atom is 0.306 e. The van der Waals surface area contributed by atoms with Gasteiger partial charge in [-0.25, -0.2) is 0 Å². The fourth-order valence-corrected chi connectivity index (χ4v) is 7.58. The summed E-state index contributed by atoms with van der Waals surface area (Å²) in [4.78, 5) is 38.0. The van der Waals surface area contributed by atoms with E-state index in [4.69, 9.17) is 14.2 Å². The van der Waals surface area contributed by atoms with Crippen LogP contribution in [0.4, 0.5) is 0 Å².